The van der Waals surface area contributed by atoms with Crippen LogP contribution in [0.3, 0.4) is 0 Å². The Morgan fingerprint density at radius 2 is 2.04 bits per heavy atom. The Morgan fingerprint density at radius 3 is 2.76 bits per heavy atom. The number of hydrogen-bond donors (Lipinski definition) is 1. The number of piperidine rings is 1. The number of carbonyl (C=O) groups excluding carboxylic acids is 1. The summed E-state index contributed by atoms with van der Waals surface area (Å²) in [5.74, 6) is -0.0656. The van der Waals surface area contributed by atoms with Crippen molar-refractivity contribution in [2.75, 3.05) is 23.3 Å². The summed E-state index contributed by atoms with van der Waals surface area (Å²) in [7, 11) is 1.63. The predicted octanol–water partition coefficient (Wildman–Crippen LogP) is 2.25. The third-order valence-electron chi connectivity index (χ3n) is 4.89. The topological polar surface area (TPSA) is 67.2 Å². The van der Waals surface area contributed by atoms with E-state index in [2.05, 4.69) is 22.2 Å². The predicted molar refractivity (Wildman–Crippen MR) is 99.0 cm³/mol. The first-order valence-electron chi connectivity index (χ1n) is 8.60. The minimum absolute atomic E-state index is 0.0322. The molecule has 1 fully saturated rings. The van der Waals surface area contributed by atoms with E-state index in [1.807, 2.05) is 25.1 Å². The standard InChI is InChI=1S/C19H24N4O2/c1-13-6-7-16(9-14(13)2)21-19(25)15-5-4-8-23(12-15)17-10-18(24)22(3)20-11-17/h6-7,9-11,15H,4-5,8,12H2,1-3H3,(H,21,25)/t15-/m1/s1. The maximum atomic E-state index is 12.6. The lowest BCUT2D eigenvalue weighted by Gasteiger charge is -2.33. The van der Waals surface area contributed by atoms with Crippen molar-refractivity contribution in [3.05, 3.63) is 51.9 Å². The third-order valence-corrected chi connectivity index (χ3v) is 4.89. The Bertz CT molecular complexity index is 844. The summed E-state index contributed by atoms with van der Waals surface area (Å²) in [6.45, 7) is 5.53. The lowest BCUT2D eigenvalue weighted by Crippen LogP contribution is -2.41. The maximum absolute atomic E-state index is 12.6. The molecule has 1 aliphatic rings. The molecule has 0 saturated carbocycles. The maximum Gasteiger partial charge on any atom is 0.268 e. The van der Waals surface area contributed by atoms with Gasteiger partial charge in [0.1, 0.15) is 0 Å². The summed E-state index contributed by atoms with van der Waals surface area (Å²) in [4.78, 5) is 26.5. The SMILES string of the molecule is Cc1ccc(NC(=O)[C@@H]2CCCN(c3cnn(C)c(=O)c3)C2)cc1C. The minimum Gasteiger partial charge on any atom is -0.369 e. The van der Waals surface area contributed by atoms with Crippen LogP contribution in [0.25, 0.3) is 0 Å². The molecule has 6 nitrogen and oxygen atoms in total. The molecule has 25 heavy (non-hydrogen) atoms. The number of carbonyl (C=O) groups is 1. The molecule has 1 aromatic carbocycles. The van der Waals surface area contributed by atoms with Crippen LogP contribution in [0.4, 0.5) is 11.4 Å². The fourth-order valence-electron chi connectivity index (χ4n) is 3.12. The molecule has 1 aromatic heterocycles. The van der Waals surface area contributed by atoms with Gasteiger partial charge in [0.15, 0.2) is 0 Å². The second-order valence-electron chi connectivity index (χ2n) is 6.75. The van der Waals surface area contributed by atoms with Gasteiger partial charge < -0.3 is 10.2 Å². The zero-order chi connectivity index (χ0) is 18.0. The molecule has 132 valence electrons. The van der Waals surface area contributed by atoms with Crippen molar-refractivity contribution in [2.24, 2.45) is 13.0 Å². The first-order valence-corrected chi connectivity index (χ1v) is 8.60. The molecule has 0 bridgehead atoms. The molecule has 0 unspecified atom stereocenters. The van der Waals surface area contributed by atoms with Crippen molar-refractivity contribution in [3.8, 4) is 0 Å². The molecule has 2 aromatic rings. The molecule has 0 radical (unpaired) electrons. The molecule has 2 heterocycles. The van der Waals surface area contributed by atoms with Crippen molar-refractivity contribution < 1.29 is 4.79 Å². The van der Waals surface area contributed by atoms with Gasteiger partial charge in [-0.15, -0.1) is 0 Å². The fourth-order valence-corrected chi connectivity index (χ4v) is 3.12. The van der Waals surface area contributed by atoms with Crippen LogP contribution in [0.2, 0.25) is 0 Å². The first-order chi connectivity index (χ1) is 11.9. The Balaban J connectivity index is 1.69. The number of hydrogen-bond acceptors (Lipinski definition) is 4. The zero-order valence-electron chi connectivity index (χ0n) is 15.0. The summed E-state index contributed by atoms with van der Waals surface area (Å²) < 4.78 is 1.30. The van der Waals surface area contributed by atoms with Gasteiger partial charge in [-0.25, -0.2) is 4.68 Å². The summed E-state index contributed by atoms with van der Waals surface area (Å²) >= 11 is 0. The molecule has 1 aliphatic heterocycles. The van der Waals surface area contributed by atoms with Gasteiger partial charge in [0.25, 0.3) is 5.56 Å². The van der Waals surface area contributed by atoms with Crippen LogP contribution >= 0.6 is 0 Å². The highest BCUT2D eigenvalue weighted by Gasteiger charge is 2.26. The molecule has 0 aliphatic carbocycles. The van der Waals surface area contributed by atoms with Crippen molar-refractivity contribution in [1.82, 2.24) is 9.78 Å². The van der Waals surface area contributed by atoms with Gasteiger partial charge in [0.2, 0.25) is 5.91 Å². The van der Waals surface area contributed by atoms with Crippen LogP contribution < -0.4 is 15.8 Å². The van der Waals surface area contributed by atoms with Gasteiger partial charge in [-0.05, 0) is 49.9 Å². The van der Waals surface area contributed by atoms with Gasteiger partial charge in [-0.1, -0.05) is 6.07 Å². The van der Waals surface area contributed by atoms with Gasteiger partial charge in [0, 0.05) is 31.9 Å². The third kappa shape index (κ3) is 3.90. The Hall–Kier alpha value is -2.63. The average molecular weight is 340 g/mol. The molecule has 1 atom stereocenters. The fraction of sp³-hybridized carbons (Fsp3) is 0.421. The van der Waals surface area contributed by atoms with E-state index in [1.165, 1.54) is 10.2 Å². The Labute approximate surface area is 147 Å². The monoisotopic (exact) mass is 340 g/mol. The van der Waals surface area contributed by atoms with E-state index in [9.17, 15) is 9.59 Å². The molecule has 0 spiro atoms. The summed E-state index contributed by atoms with van der Waals surface area (Å²) in [6.07, 6.45) is 3.46. The molecular weight excluding hydrogens is 316 g/mol. The van der Waals surface area contributed by atoms with E-state index in [0.717, 1.165) is 36.3 Å². The van der Waals surface area contributed by atoms with Gasteiger partial charge >= 0.3 is 0 Å². The van der Waals surface area contributed by atoms with E-state index in [4.69, 9.17) is 0 Å². The van der Waals surface area contributed by atoms with Crippen LogP contribution in [0.15, 0.2) is 35.3 Å². The number of amides is 1. The van der Waals surface area contributed by atoms with Crippen molar-refractivity contribution in [2.45, 2.75) is 26.7 Å². The van der Waals surface area contributed by atoms with Crippen LogP contribution in [0, 0.1) is 19.8 Å². The largest absolute Gasteiger partial charge is 0.369 e. The number of aryl methyl sites for hydroxylation is 3. The first kappa shape index (κ1) is 17.2. The lowest BCUT2D eigenvalue weighted by atomic mass is 9.96. The number of nitrogens with zero attached hydrogens (tertiary/aromatic N) is 3. The number of benzene rings is 1. The van der Waals surface area contributed by atoms with E-state index in [-0.39, 0.29) is 17.4 Å². The zero-order valence-corrected chi connectivity index (χ0v) is 15.0. The minimum atomic E-state index is -0.140. The quantitative estimate of drug-likeness (QED) is 0.931. The normalized spacial score (nSPS) is 17.4. The smallest absolute Gasteiger partial charge is 0.268 e. The van der Waals surface area contributed by atoms with E-state index in [0.29, 0.717) is 6.54 Å². The average Bonchev–Trinajstić information content (AvgIpc) is 2.60. The molecule has 3 rings (SSSR count). The highest BCUT2D eigenvalue weighted by molar-refractivity contribution is 5.93. The number of nitrogens with one attached hydrogen (secondary N) is 1. The van der Waals surface area contributed by atoms with Crippen LogP contribution in [-0.4, -0.2) is 28.8 Å². The summed E-state index contributed by atoms with van der Waals surface area (Å²) in [5, 5.41) is 7.10. The van der Waals surface area contributed by atoms with Gasteiger partial charge in [-0.3, -0.25) is 9.59 Å². The molecular formula is C19H24N4O2. The highest BCUT2D eigenvalue weighted by atomic mass is 16.2. The molecule has 1 amide bonds. The number of aromatic nitrogens is 2. The van der Waals surface area contributed by atoms with Crippen LogP contribution in [0.1, 0.15) is 24.0 Å². The second kappa shape index (κ2) is 7.09. The van der Waals surface area contributed by atoms with Crippen LogP contribution in [0.5, 0.6) is 0 Å². The second-order valence-corrected chi connectivity index (χ2v) is 6.75. The molecule has 6 heteroatoms. The van der Waals surface area contributed by atoms with Gasteiger partial charge in [0.05, 0.1) is 17.8 Å². The van der Waals surface area contributed by atoms with Crippen molar-refractivity contribution in [3.63, 3.8) is 0 Å². The van der Waals surface area contributed by atoms with E-state index < -0.39 is 0 Å². The van der Waals surface area contributed by atoms with Crippen molar-refractivity contribution in [1.29, 1.82) is 0 Å². The Kier molecular flexibility index (Phi) is 4.88. The highest BCUT2D eigenvalue weighted by Crippen LogP contribution is 2.23. The van der Waals surface area contributed by atoms with E-state index >= 15 is 0 Å². The molecule has 1 saturated heterocycles. The van der Waals surface area contributed by atoms with E-state index in [1.54, 1.807) is 19.3 Å². The number of rotatable bonds is 3. The summed E-state index contributed by atoms with van der Waals surface area (Å²) in [5.41, 5.74) is 3.85. The van der Waals surface area contributed by atoms with Crippen molar-refractivity contribution >= 4 is 17.3 Å². The molecule has 1 N–H and O–H groups in total. The summed E-state index contributed by atoms with van der Waals surface area (Å²) in [6, 6.07) is 7.53. The van der Waals surface area contributed by atoms with Gasteiger partial charge in [-0.2, -0.15) is 5.10 Å². The number of anilines is 2. The Morgan fingerprint density at radius 1 is 1.24 bits per heavy atom. The van der Waals surface area contributed by atoms with Crippen LogP contribution in [-0.2, 0) is 11.8 Å². The lowest BCUT2D eigenvalue weighted by molar-refractivity contribution is -0.120.